The van der Waals surface area contributed by atoms with E-state index in [2.05, 4.69) is 15.2 Å². The minimum atomic E-state index is 0.0871. The smallest absolute Gasteiger partial charge is 0.280 e. The number of quaternary nitrogens is 1. The molecule has 3 aliphatic rings. The number of carbonyl (C=O) groups excluding carboxylic acids is 1. The Hall–Kier alpha value is -1.46. The maximum atomic E-state index is 12.1. The van der Waals surface area contributed by atoms with Crippen LogP contribution in [0.2, 0.25) is 0 Å². The molecule has 0 aliphatic carbocycles. The number of nitrogens with zero attached hydrogens (tertiary/aromatic N) is 3. The molecule has 1 amide bonds. The van der Waals surface area contributed by atoms with Crippen molar-refractivity contribution in [1.29, 1.82) is 0 Å². The van der Waals surface area contributed by atoms with Crippen LogP contribution in [0.15, 0.2) is 24.4 Å². The molecule has 1 N–H and O–H groups in total. The summed E-state index contributed by atoms with van der Waals surface area (Å²) < 4.78 is 0.954. The predicted molar refractivity (Wildman–Crippen MR) is 69.0 cm³/mol. The predicted octanol–water partition coefficient (Wildman–Crippen LogP) is 0.166. The van der Waals surface area contributed by atoms with Gasteiger partial charge in [-0.2, -0.15) is 0 Å². The Labute approximate surface area is 107 Å². The van der Waals surface area contributed by atoms with Gasteiger partial charge in [-0.3, -0.25) is 9.69 Å². The number of amides is 1. The molecule has 96 valence electrons. The van der Waals surface area contributed by atoms with E-state index in [4.69, 9.17) is 0 Å². The Bertz CT molecular complexity index is 412. The Morgan fingerprint density at radius 3 is 2.61 bits per heavy atom. The number of fused-ring (bicyclic) bond motifs is 3. The number of carbonyl (C=O) groups is 1. The number of piperazine rings is 3. The first kappa shape index (κ1) is 11.6. The van der Waals surface area contributed by atoms with Gasteiger partial charge in [0.25, 0.3) is 5.91 Å². The van der Waals surface area contributed by atoms with Crippen LogP contribution in [-0.2, 0) is 4.79 Å². The van der Waals surface area contributed by atoms with Gasteiger partial charge in [-0.15, -0.1) is 0 Å². The SMILES string of the molecule is O=C(C[N+]12CCN(CC1)CC2)Nc1ccccn1. The Balaban J connectivity index is 1.61. The molecule has 3 saturated heterocycles. The van der Waals surface area contributed by atoms with Gasteiger partial charge in [0.05, 0.1) is 19.6 Å². The molecule has 1 aromatic rings. The van der Waals surface area contributed by atoms with Gasteiger partial charge in [0.15, 0.2) is 6.54 Å². The van der Waals surface area contributed by atoms with Crippen molar-refractivity contribution in [3.63, 3.8) is 0 Å². The highest BCUT2D eigenvalue weighted by molar-refractivity contribution is 5.90. The first-order valence-electron chi connectivity index (χ1n) is 6.54. The molecule has 3 aliphatic heterocycles. The van der Waals surface area contributed by atoms with Crippen LogP contribution in [0.25, 0.3) is 0 Å². The van der Waals surface area contributed by atoms with E-state index < -0.39 is 0 Å². The van der Waals surface area contributed by atoms with Crippen LogP contribution >= 0.6 is 0 Å². The van der Waals surface area contributed by atoms with Gasteiger partial charge >= 0.3 is 0 Å². The summed E-state index contributed by atoms with van der Waals surface area (Å²) in [4.78, 5) is 18.7. The molecule has 0 aromatic carbocycles. The second kappa shape index (κ2) is 4.66. The van der Waals surface area contributed by atoms with Crippen molar-refractivity contribution in [2.75, 3.05) is 51.1 Å². The molecular weight excluding hydrogens is 228 g/mol. The van der Waals surface area contributed by atoms with Crippen LogP contribution in [0.3, 0.4) is 0 Å². The molecule has 5 heteroatoms. The Morgan fingerprint density at radius 1 is 1.28 bits per heavy atom. The fourth-order valence-corrected chi connectivity index (χ4v) is 2.89. The van der Waals surface area contributed by atoms with E-state index in [-0.39, 0.29) is 5.91 Å². The summed E-state index contributed by atoms with van der Waals surface area (Å²) in [6.45, 7) is 7.32. The highest BCUT2D eigenvalue weighted by atomic mass is 16.2. The first-order chi connectivity index (χ1) is 8.76. The molecular formula is C13H19N4O+. The number of aromatic nitrogens is 1. The highest BCUT2D eigenvalue weighted by Gasteiger charge is 2.39. The highest BCUT2D eigenvalue weighted by Crippen LogP contribution is 2.19. The third kappa shape index (κ3) is 2.37. The third-order valence-corrected chi connectivity index (χ3v) is 4.08. The normalized spacial score (nSPS) is 30.1. The molecule has 1 aromatic heterocycles. The van der Waals surface area contributed by atoms with E-state index >= 15 is 0 Å². The molecule has 0 spiro atoms. The molecule has 0 atom stereocenters. The Morgan fingerprint density at radius 2 is 2.00 bits per heavy atom. The number of pyridine rings is 1. The summed E-state index contributed by atoms with van der Waals surface area (Å²) in [6.07, 6.45) is 1.70. The lowest BCUT2D eigenvalue weighted by Crippen LogP contribution is -2.68. The lowest BCUT2D eigenvalue weighted by molar-refractivity contribution is -0.933. The molecule has 0 radical (unpaired) electrons. The number of anilines is 1. The number of nitrogens with one attached hydrogen (secondary N) is 1. The van der Waals surface area contributed by atoms with Gasteiger partial charge in [0.1, 0.15) is 5.82 Å². The zero-order valence-corrected chi connectivity index (χ0v) is 10.5. The minimum absolute atomic E-state index is 0.0871. The topological polar surface area (TPSA) is 45.2 Å². The van der Waals surface area contributed by atoms with E-state index in [0.29, 0.717) is 12.4 Å². The van der Waals surface area contributed by atoms with Crippen molar-refractivity contribution < 1.29 is 9.28 Å². The van der Waals surface area contributed by atoms with E-state index in [0.717, 1.165) is 43.8 Å². The fourth-order valence-electron chi connectivity index (χ4n) is 2.89. The van der Waals surface area contributed by atoms with Crippen LogP contribution in [0.4, 0.5) is 5.82 Å². The van der Waals surface area contributed by atoms with Crippen molar-refractivity contribution in [3.8, 4) is 0 Å². The standard InChI is InChI=1S/C13H18N4O/c18-13(15-12-3-1-2-4-14-12)11-17-8-5-16(6-9-17)7-10-17/h1-4H,5-11H2/p+1. The second-order valence-electron chi connectivity index (χ2n) is 5.28. The largest absolute Gasteiger partial charge is 0.313 e. The average Bonchev–Trinajstić information content (AvgIpc) is 2.41. The fraction of sp³-hybridized carbons (Fsp3) is 0.538. The molecule has 3 fully saturated rings. The zero-order chi connectivity index (χ0) is 12.4. The van der Waals surface area contributed by atoms with Crippen LogP contribution in [0.5, 0.6) is 0 Å². The van der Waals surface area contributed by atoms with Gasteiger partial charge in [0, 0.05) is 25.8 Å². The number of hydrogen-bond donors (Lipinski definition) is 1. The second-order valence-corrected chi connectivity index (χ2v) is 5.28. The first-order valence-corrected chi connectivity index (χ1v) is 6.54. The van der Waals surface area contributed by atoms with E-state index in [9.17, 15) is 4.79 Å². The maximum Gasteiger partial charge on any atom is 0.280 e. The van der Waals surface area contributed by atoms with Crippen molar-refractivity contribution in [3.05, 3.63) is 24.4 Å². The van der Waals surface area contributed by atoms with E-state index in [1.54, 1.807) is 6.20 Å². The summed E-state index contributed by atoms with van der Waals surface area (Å²) in [6, 6.07) is 5.56. The van der Waals surface area contributed by atoms with E-state index in [1.807, 2.05) is 18.2 Å². The molecule has 4 heterocycles. The van der Waals surface area contributed by atoms with Gasteiger partial charge < -0.3 is 9.80 Å². The lowest BCUT2D eigenvalue weighted by Gasteiger charge is -2.50. The molecule has 18 heavy (non-hydrogen) atoms. The van der Waals surface area contributed by atoms with Gasteiger partial charge in [-0.25, -0.2) is 4.98 Å². The molecule has 5 nitrogen and oxygen atoms in total. The van der Waals surface area contributed by atoms with Crippen molar-refractivity contribution in [2.45, 2.75) is 0 Å². The van der Waals surface area contributed by atoms with Crippen LogP contribution in [-0.4, -0.2) is 66.1 Å². The van der Waals surface area contributed by atoms with Crippen molar-refractivity contribution in [1.82, 2.24) is 9.88 Å². The molecule has 0 unspecified atom stereocenters. The van der Waals surface area contributed by atoms with Crippen LogP contribution in [0, 0.1) is 0 Å². The summed E-state index contributed by atoms with van der Waals surface area (Å²) >= 11 is 0. The molecule has 4 rings (SSSR count). The number of rotatable bonds is 3. The van der Waals surface area contributed by atoms with Crippen LogP contribution in [0.1, 0.15) is 0 Å². The van der Waals surface area contributed by atoms with Gasteiger partial charge in [0.2, 0.25) is 0 Å². The summed E-state index contributed by atoms with van der Waals surface area (Å²) in [5, 5.41) is 2.89. The summed E-state index contributed by atoms with van der Waals surface area (Å²) in [5.41, 5.74) is 0. The molecule has 0 saturated carbocycles. The molecule has 2 bridgehead atoms. The monoisotopic (exact) mass is 247 g/mol. The van der Waals surface area contributed by atoms with Crippen molar-refractivity contribution in [2.24, 2.45) is 0 Å². The summed E-state index contributed by atoms with van der Waals surface area (Å²) in [5.74, 6) is 0.736. The summed E-state index contributed by atoms with van der Waals surface area (Å²) in [7, 11) is 0. The minimum Gasteiger partial charge on any atom is -0.313 e. The average molecular weight is 247 g/mol. The van der Waals surface area contributed by atoms with Gasteiger partial charge in [-0.05, 0) is 12.1 Å². The third-order valence-electron chi connectivity index (χ3n) is 4.08. The maximum absolute atomic E-state index is 12.1. The Kier molecular flexibility index (Phi) is 3.01. The quantitative estimate of drug-likeness (QED) is 0.774. The van der Waals surface area contributed by atoms with Gasteiger partial charge in [-0.1, -0.05) is 6.07 Å². The van der Waals surface area contributed by atoms with Crippen LogP contribution < -0.4 is 5.32 Å². The van der Waals surface area contributed by atoms with E-state index in [1.165, 1.54) is 0 Å². The lowest BCUT2D eigenvalue weighted by atomic mass is 10.1. The van der Waals surface area contributed by atoms with Crippen molar-refractivity contribution >= 4 is 11.7 Å². The number of hydrogen-bond acceptors (Lipinski definition) is 3. The zero-order valence-electron chi connectivity index (χ0n) is 10.5.